The van der Waals surface area contributed by atoms with E-state index in [4.69, 9.17) is 9.47 Å². The van der Waals surface area contributed by atoms with Crippen molar-refractivity contribution < 1.29 is 19.1 Å². The van der Waals surface area contributed by atoms with E-state index in [-0.39, 0.29) is 35.0 Å². The molecule has 0 aromatic heterocycles. The summed E-state index contributed by atoms with van der Waals surface area (Å²) in [6, 6.07) is 0. The van der Waals surface area contributed by atoms with Gasteiger partial charge in [-0.05, 0) is 78.1 Å². The molecule has 2 unspecified atom stereocenters. The first-order valence-corrected chi connectivity index (χ1v) is 10.9. The van der Waals surface area contributed by atoms with Crippen molar-refractivity contribution in [2.24, 2.45) is 11.8 Å². The lowest BCUT2D eigenvalue weighted by atomic mass is 9.78. The van der Waals surface area contributed by atoms with Crippen molar-refractivity contribution in [2.75, 3.05) is 0 Å². The van der Waals surface area contributed by atoms with Crippen LogP contribution in [0.3, 0.4) is 0 Å². The van der Waals surface area contributed by atoms with Crippen LogP contribution in [-0.2, 0) is 19.1 Å². The van der Waals surface area contributed by atoms with Gasteiger partial charge in [0.05, 0.1) is 11.8 Å². The molecule has 0 N–H and O–H groups in total. The largest absolute Gasteiger partial charge is 0.459 e. The quantitative estimate of drug-likeness (QED) is 0.633. The fourth-order valence-corrected chi connectivity index (χ4v) is 5.14. The van der Waals surface area contributed by atoms with Crippen molar-refractivity contribution >= 4 is 11.9 Å². The van der Waals surface area contributed by atoms with Crippen LogP contribution in [0.15, 0.2) is 0 Å². The van der Waals surface area contributed by atoms with Gasteiger partial charge in [-0.25, -0.2) is 0 Å². The second kappa shape index (κ2) is 8.31. The third kappa shape index (κ3) is 4.80. The molecule has 0 heterocycles. The second-order valence-electron chi connectivity index (χ2n) is 9.36. The average molecular weight is 365 g/mol. The van der Waals surface area contributed by atoms with Crippen molar-refractivity contribution in [1.82, 2.24) is 0 Å². The molecule has 3 saturated carbocycles. The van der Waals surface area contributed by atoms with Gasteiger partial charge < -0.3 is 9.47 Å². The molecule has 0 aromatic carbocycles. The van der Waals surface area contributed by atoms with Crippen LogP contribution in [0.5, 0.6) is 0 Å². The molecule has 2 atom stereocenters. The van der Waals surface area contributed by atoms with Crippen LogP contribution in [0, 0.1) is 11.8 Å². The smallest absolute Gasteiger partial charge is 0.310 e. The van der Waals surface area contributed by atoms with Gasteiger partial charge in [-0.1, -0.05) is 25.7 Å². The van der Waals surface area contributed by atoms with E-state index in [1.807, 2.05) is 0 Å². The molecule has 0 radical (unpaired) electrons. The van der Waals surface area contributed by atoms with Gasteiger partial charge in [0.2, 0.25) is 0 Å². The maximum atomic E-state index is 12.9. The summed E-state index contributed by atoms with van der Waals surface area (Å²) in [7, 11) is 0. The molecule has 3 aliphatic carbocycles. The first-order chi connectivity index (χ1) is 12.4. The van der Waals surface area contributed by atoms with Crippen molar-refractivity contribution in [1.29, 1.82) is 0 Å². The van der Waals surface area contributed by atoms with Crippen LogP contribution in [0.2, 0.25) is 0 Å². The van der Waals surface area contributed by atoms with Crippen molar-refractivity contribution in [3.63, 3.8) is 0 Å². The number of esters is 2. The van der Waals surface area contributed by atoms with Crippen LogP contribution in [-0.4, -0.2) is 23.1 Å². The molecule has 148 valence electrons. The molecule has 4 nitrogen and oxygen atoms in total. The second-order valence-corrected chi connectivity index (χ2v) is 9.36. The summed E-state index contributed by atoms with van der Waals surface area (Å²) in [5.74, 6) is -0.959. The van der Waals surface area contributed by atoms with Gasteiger partial charge >= 0.3 is 11.9 Å². The van der Waals surface area contributed by atoms with Crippen LogP contribution in [0.1, 0.15) is 104 Å². The molecule has 4 heteroatoms. The predicted molar refractivity (Wildman–Crippen MR) is 101 cm³/mol. The zero-order valence-electron chi connectivity index (χ0n) is 16.7. The fraction of sp³-hybridized carbons (Fsp3) is 0.909. The Balaban J connectivity index is 1.63. The molecular formula is C22H36O4. The van der Waals surface area contributed by atoms with Gasteiger partial charge in [0.1, 0.15) is 11.2 Å². The zero-order valence-corrected chi connectivity index (χ0v) is 16.7. The van der Waals surface area contributed by atoms with E-state index in [1.165, 1.54) is 12.8 Å². The van der Waals surface area contributed by atoms with Crippen molar-refractivity contribution in [3.05, 3.63) is 0 Å². The minimum atomic E-state index is -0.337. The minimum absolute atomic E-state index is 0.162. The number of hydrogen-bond donors (Lipinski definition) is 0. The fourth-order valence-electron chi connectivity index (χ4n) is 5.14. The number of carbonyl (C=O) groups excluding carboxylic acids is 2. The average Bonchev–Trinajstić information content (AvgIpc) is 2.62. The van der Waals surface area contributed by atoms with Crippen LogP contribution >= 0.6 is 0 Å². The summed E-state index contributed by atoms with van der Waals surface area (Å²) in [5, 5.41) is 0. The molecule has 0 spiro atoms. The van der Waals surface area contributed by atoms with Crippen LogP contribution in [0.4, 0.5) is 0 Å². The summed E-state index contributed by atoms with van der Waals surface area (Å²) in [6.07, 6.45) is 14.2. The maximum Gasteiger partial charge on any atom is 0.310 e. The SMILES string of the molecule is CC1(OC(=O)C2CCCCC2C(=O)OC2(C)CCCCC2)CCCCC1. The Morgan fingerprint density at radius 1 is 0.615 bits per heavy atom. The first-order valence-electron chi connectivity index (χ1n) is 10.9. The van der Waals surface area contributed by atoms with E-state index in [0.29, 0.717) is 0 Å². The molecule has 3 rings (SSSR count). The summed E-state index contributed by atoms with van der Waals surface area (Å²) in [5.41, 5.74) is -0.673. The molecule has 0 bridgehead atoms. The number of carbonyl (C=O) groups is 2. The first kappa shape index (κ1) is 19.7. The van der Waals surface area contributed by atoms with Gasteiger partial charge in [-0.2, -0.15) is 0 Å². The van der Waals surface area contributed by atoms with E-state index in [2.05, 4.69) is 13.8 Å². The van der Waals surface area contributed by atoms with E-state index in [0.717, 1.165) is 77.0 Å². The third-order valence-corrected chi connectivity index (χ3v) is 6.89. The zero-order chi connectivity index (χ0) is 18.6. The highest BCUT2D eigenvalue weighted by Crippen LogP contribution is 2.38. The highest BCUT2D eigenvalue weighted by Gasteiger charge is 2.43. The highest BCUT2D eigenvalue weighted by atomic mass is 16.6. The molecule has 26 heavy (non-hydrogen) atoms. The molecule has 0 aromatic rings. The van der Waals surface area contributed by atoms with Crippen LogP contribution < -0.4 is 0 Å². The lowest BCUT2D eigenvalue weighted by molar-refractivity contribution is -0.181. The minimum Gasteiger partial charge on any atom is -0.459 e. The predicted octanol–water partition coefficient (Wildman–Crippen LogP) is 5.32. The summed E-state index contributed by atoms with van der Waals surface area (Å²) in [6.45, 7) is 4.12. The number of ether oxygens (including phenoxy) is 2. The number of rotatable bonds is 4. The molecular weight excluding hydrogens is 328 g/mol. The Kier molecular flexibility index (Phi) is 6.29. The van der Waals surface area contributed by atoms with E-state index < -0.39 is 0 Å². The Labute approximate surface area is 158 Å². The molecule has 0 aliphatic heterocycles. The molecule has 3 fully saturated rings. The Morgan fingerprint density at radius 2 is 0.962 bits per heavy atom. The normalized spacial score (nSPS) is 31.0. The summed E-state index contributed by atoms with van der Waals surface area (Å²) >= 11 is 0. The summed E-state index contributed by atoms with van der Waals surface area (Å²) < 4.78 is 11.9. The number of hydrogen-bond acceptors (Lipinski definition) is 4. The summed E-state index contributed by atoms with van der Waals surface area (Å²) in [4.78, 5) is 25.9. The van der Waals surface area contributed by atoms with Gasteiger partial charge in [0.15, 0.2) is 0 Å². The Morgan fingerprint density at radius 3 is 1.31 bits per heavy atom. The molecule has 0 amide bonds. The van der Waals surface area contributed by atoms with Gasteiger partial charge in [-0.15, -0.1) is 0 Å². The maximum absolute atomic E-state index is 12.9. The highest BCUT2D eigenvalue weighted by molar-refractivity contribution is 5.82. The molecule has 3 aliphatic rings. The Bertz CT molecular complexity index is 454. The van der Waals surface area contributed by atoms with Crippen LogP contribution in [0.25, 0.3) is 0 Å². The Hall–Kier alpha value is -1.06. The van der Waals surface area contributed by atoms with Gasteiger partial charge in [-0.3, -0.25) is 9.59 Å². The van der Waals surface area contributed by atoms with E-state index >= 15 is 0 Å². The monoisotopic (exact) mass is 364 g/mol. The third-order valence-electron chi connectivity index (χ3n) is 6.89. The lowest BCUT2D eigenvalue weighted by Gasteiger charge is -2.38. The van der Waals surface area contributed by atoms with Gasteiger partial charge in [0.25, 0.3) is 0 Å². The van der Waals surface area contributed by atoms with Gasteiger partial charge in [0, 0.05) is 0 Å². The standard InChI is InChI=1S/C22H36O4/c1-21(13-7-3-8-14-21)25-19(23)17-11-5-6-12-18(17)20(24)26-22(2)15-9-4-10-16-22/h17-18H,3-16H2,1-2H3. The van der Waals surface area contributed by atoms with E-state index in [9.17, 15) is 9.59 Å². The lowest BCUT2D eigenvalue weighted by Crippen LogP contribution is -2.43. The van der Waals surface area contributed by atoms with Crippen molar-refractivity contribution in [3.8, 4) is 0 Å². The van der Waals surface area contributed by atoms with Crippen molar-refractivity contribution in [2.45, 2.75) is 115 Å². The molecule has 0 saturated heterocycles. The van der Waals surface area contributed by atoms with E-state index in [1.54, 1.807) is 0 Å². The topological polar surface area (TPSA) is 52.6 Å².